The first-order valence-corrected chi connectivity index (χ1v) is 12.8. The van der Waals surface area contributed by atoms with E-state index in [9.17, 15) is 13.2 Å². The molecule has 0 aromatic heterocycles. The lowest BCUT2D eigenvalue weighted by atomic mass is 10.0. The first kappa shape index (κ1) is 24.8. The quantitative estimate of drug-likeness (QED) is 0.411. The van der Waals surface area contributed by atoms with Gasteiger partial charge in [-0.3, -0.25) is 9.10 Å². The van der Waals surface area contributed by atoms with E-state index in [1.807, 2.05) is 56.3 Å². The first-order valence-electron chi connectivity index (χ1n) is 10.5. The number of carbonyl (C=O) groups is 1. The molecule has 0 saturated heterocycles. The number of rotatable bonds is 9. The molecular formula is C25H27BrN2O4S. The number of carbonyl (C=O) groups excluding carboxylic acids is 1. The van der Waals surface area contributed by atoms with Crippen LogP contribution in [0.15, 0.2) is 82.2 Å². The van der Waals surface area contributed by atoms with Crippen LogP contribution in [0.5, 0.6) is 5.75 Å². The van der Waals surface area contributed by atoms with E-state index in [0.717, 1.165) is 15.4 Å². The highest BCUT2D eigenvalue weighted by atomic mass is 79.9. The maximum atomic E-state index is 13.6. The fourth-order valence-electron chi connectivity index (χ4n) is 3.44. The average molecular weight is 531 g/mol. The van der Waals surface area contributed by atoms with Crippen LogP contribution in [0, 0.1) is 6.92 Å². The number of nitrogens with one attached hydrogen (secondary N) is 1. The number of nitrogens with zero attached hydrogens (tertiary/aromatic N) is 1. The molecule has 1 amide bonds. The second-order valence-electron chi connectivity index (χ2n) is 7.58. The summed E-state index contributed by atoms with van der Waals surface area (Å²) in [5.74, 6) is 0.129. The van der Waals surface area contributed by atoms with Crippen molar-refractivity contribution in [1.29, 1.82) is 0 Å². The van der Waals surface area contributed by atoms with Crippen LogP contribution < -0.4 is 14.4 Å². The normalized spacial score (nSPS) is 12.1. The monoisotopic (exact) mass is 530 g/mol. The SMILES string of the molecule is CC[C@H](NC(=O)CN(c1ccc(C)cc1)S(=O)(=O)c1ccc(OC)c(Br)c1)c1ccccc1. The van der Waals surface area contributed by atoms with Crippen LogP contribution in [0.2, 0.25) is 0 Å². The molecule has 6 nitrogen and oxygen atoms in total. The summed E-state index contributed by atoms with van der Waals surface area (Å²) in [4.78, 5) is 13.1. The van der Waals surface area contributed by atoms with E-state index in [-0.39, 0.29) is 23.4 Å². The Hall–Kier alpha value is -2.84. The van der Waals surface area contributed by atoms with Crippen LogP contribution in [0.1, 0.15) is 30.5 Å². The molecule has 1 atom stereocenters. The number of aryl methyl sites for hydroxylation is 1. The number of sulfonamides is 1. The number of anilines is 1. The van der Waals surface area contributed by atoms with Crippen molar-refractivity contribution >= 4 is 37.5 Å². The highest BCUT2D eigenvalue weighted by Gasteiger charge is 2.28. The Morgan fingerprint density at radius 2 is 1.73 bits per heavy atom. The van der Waals surface area contributed by atoms with Gasteiger partial charge in [-0.1, -0.05) is 55.0 Å². The van der Waals surface area contributed by atoms with Crippen molar-refractivity contribution in [2.45, 2.75) is 31.2 Å². The minimum Gasteiger partial charge on any atom is -0.496 e. The van der Waals surface area contributed by atoms with Crippen molar-refractivity contribution in [2.75, 3.05) is 18.0 Å². The summed E-state index contributed by atoms with van der Waals surface area (Å²) in [6, 6.07) is 21.0. The van der Waals surface area contributed by atoms with Gasteiger partial charge in [0.05, 0.1) is 28.2 Å². The summed E-state index contributed by atoms with van der Waals surface area (Å²) in [6.07, 6.45) is 0.679. The molecule has 1 N–H and O–H groups in total. The number of hydrogen-bond donors (Lipinski definition) is 1. The van der Waals surface area contributed by atoms with Crippen molar-refractivity contribution in [3.8, 4) is 5.75 Å². The summed E-state index contributed by atoms with van der Waals surface area (Å²) in [5.41, 5.74) is 2.37. The lowest BCUT2D eigenvalue weighted by molar-refractivity contribution is -0.120. The third-order valence-electron chi connectivity index (χ3n) is 5.27. The van der Waals surface area contributed by atoms with Crippen LogP contribution in [0.4, 0.5) is 5.69 Å². The summed E-state index contributed by atoms with van der Waals surface area (Å²) in [5, 5.41) is 2.97. The Morgan fingerprint density at radius 3 is 2.30 bits per heavy atom. The maximum Gasteiger partial charge on any atom is 0.264 e. The zero-order valence-corrected chi connectivity index (χ0v) is 21.2. The summed E-state index contributed by atoms with van der Waals surface area (Å²) < 4.78 is 34.1. The van der Waals surface area contributed by atoms with Crippen LogP contribution in [-0.2, 0) is 14.8 Å². The Bertz CT molecular complexity index is 1200. The van der Waals surface area contributed by atoms with Crippen molar-refractivity contribution < 1.29 is 17.9 Å². The van der Waals surface area contributed by atoms with Crippen molar-refractivity contribution in [3.63, 3.8) is 0 Å². The van der Waals surface area contributed by atoms with Gasteiger partial charge in [0.2, 0.25) is 5.91 Å². The van der Waals surface area contributed by atoms with E-state index in [0.29, 0.717) is 22.3 Å². The molecule has 0 fully saturated rings. The number of methoxy groups -OCH3 is 1. The van der Waals surface area contributed by atoms with Crippen molar-refractivity contribution in [1.82, 2.24) is 5.32 Å². The fraction of sp³-hybridized carbons (Fsp3) is 0.240. The lowest BCUT2D eigenvalue weighted by Crippen LogP contribution is -2.42. The van der Waals surface area contributed by atoms with Crippen LogP contribution >= 0.6 is 15.9 Å². The van der Waals surface area contributed by atoms with Gasteiger partial charge in [0.1, 0.15) is 12.3 Å². The zero-order chi connectivity index (χ0) is 24.0. The number of halogens is 1. The van der Waals surface area contributed by atoms with Crippen molar-refractivity contribution in [3.05, 3.63) is 88.4 Å². The Morgan fingerprint density at radius 1 is 1.06 bits per heavy atom. The van der Waals surface area contributed by atoms with E-state index in [4.69, 9.17) is 4.74 Å². The summed E-state index contributed by atoms with van der Waals surface area (Å²) >= 11 is 3.35. The third kappa shape index (κ3) is 5.94. The Balaban J connectivity index is 1.94. The molecular weight excluding hydrogens is 504 g/mol. The lowest BCUT2D eigenvalue weighted by Gasteiger charge is -2.26. The fourth-order valence-corrected chi connectivity index (χ4v) is 5.58. The molecule has 0 spiro atoms. The molecule has 0 aliphatic heterocycles. The second-order valence-corrected chi connectivity index (χ2v) is 10.3. The van der Waals surface area contributed by atoms with E-state index in [1.54, 1.807) is 18.2 Å². The largest absolute Gasteiger partial charge is 0.496 e. The first-order chi connectivity index (χ1) is 15.8. The molecule has 0 bridgehead atoms. The molecule has 0 aliphatic rings. The molecule has 0 unspecified atom stereocenters. The van der Waals surface area contributed by atoms with Crippen LogP contribution in [-0.4, -0.2) is 28.0 Å². The van der Waals surface area contributed by atoms with Crippen LogP contribution in [0.3, 0.4) is 0 Å². The molecule has 33 heavy (non-hydrogen) atoms. The molecule has 0 radical (unpaired) electrons. The van der Waals surface area contributed by atoms with Gasteiger partial charge in [-0.2, -0.15) is 0 Å². The van der Waals surface area contributed by atoms with Gasteiger partial charge >= 0.3 is 0 Å². The Kier molecular flexibility index (Phi) is 8.15. The van der Waals surface area contributed by atoms with Crippen molar-refractivity contribution in [2.24, 2.45) is 0 Å². The highest BCUT2D eigenvalue weighted by molar-refractivity contribution is 9.10. The van der Waals surface area contributed by atoms with Crippen LogP contribution in [0.25, 0.3) is 0 Å². The maximum absolute atomic E-state index is 13.6. The molecule has 3 aromatic carbocycles. The predicted molar refractivity (Wildman–Crippen MR) is 134 cm³/mol. The molecule has 3 rings (SSSR count). The molecule has 0 aliphatic carbocycles. The minimum absolute atomic E-state index is 0.0543. The standard InChI is InChI=1S/C25H27BrN2O4S/c1-4-23(19-8-6-5-7-9-19)27-25(29)17-28(20-12-10-18(2)11-13-20)33(30,31)21-14-15-24(32-3)22(26)16-21/h5-16,23H,4,17H2,1-3H3,(H,27,29)/t23-/m0/s1. The van der Waals surface area contributed by atoms with E-state index in [2.05, 4.69) is 21.2 Å². The molecule has 174 valence electrons. The van der Waals surface area contributed by atoms with E-state index in [1.165, 1.54) is 19.2 Å². The van der Waals surface area contributed by atoms with Gasteiger partial charge in [-0.05, 0) is 65.2 Å². The smallest absolute Gasteiger partial charge is 0.264 e. The number of ether oxygens (including phenoxy) is 1. The van der Waals surface area contributed by atoms with Gasteiger partial charge in [-0.25, -0.2) is 8.42 Å². The predicted octanol–water partition coefficient (Wildman–Crippen LogP) is 5.23. The van der Waals surface area contributed by atoms with Gasteiger partial charge < -0.3 is 10.1 Å². The molecule has 8 heteroatoms. The number of hydrogen-bond acceptors (Lipinski definition) is 4. The second kappa shape index (κ2) is 10.9. The molecule has 3 aromatic rings. The van der Waals surface area contributed by atoms with Gasteiger partial charge in [0, 0.05) is 0 Å². The summed E-state index contributed by atoms with van der Waals surface area (Å²) in [6.45, 7) is 3.54. The van der Waals surface area contributed by atoms with Gasteiger partial charge in [0.15, 0.2) is 0 Å². The third-order valence-corrected chi connectivity index (χ3v) is 7.66. The van der Waals surface area contributed by atoms with Gasteiger partial charge in [-0.15, -0.1) is 0 Å². The summed E-state index contributed by atoms with van der Waals surface area (Å²) in [7, 11) is -2.52. The van der Waals surface area contributed by atoms with E-state index >= 15 is 0 Å². The average Bonchev–Trinajstić information content (AvgIpc) is 2.82. The zero-order valence-electron chi connectivity index (χ0n) is 18.8. The molecule has 0 heterocycles. The highest BCUT2D eigenvalue weighted by Crippen LogP contribution is 2.31. The van der Waals surface area contributed by atoms with Gasteiger partial charge in [0.25, 0.3) is 10.0 Å². The topological polar surface area (TPSA) is 75.7 Å². The number of benzene rings is 3. The molecule has 0 saturated carbocycles. The Labute approximate surface area is 203 Å². The minimum atomic E-state index is -4.03. The number of amides is 1. The van der Waals surface area contributed by atoms with E-state index < -0.39 is 10.0 Å².